The number of aryl methyl sites for hydroxylation is 1. The monoisotopic (exact) mass is 234 g/mol. The fourth-order valence-electron chi connectivity index (χ4n) is 1.55. The van der Waals surface area contributed by atoms with E-state index in [1.54, 1.807) is 17.5 Å². The first-order valence-corrected chi connectivity index (χ1v) is 6.02. The van der Waals surface area contributed by atoms with Gasteiger partial charge in [0, 0.05) is 24.2 Å². The molecule has 1 N–H and O–H groups in total. The van der Waals surface area contributed by atoms with Gasteiger partial charge in [-0.2, -0.15) is 0 Å². The lowest BCUT2D eigenvalue weighted by molar-refractivity contribution is 0.571. The molecule has 0 amide bonds. The second-order valence-corrected chi connectivity index (χ2v) is 4.48. The maximum Gasteiger partial charge on any atom is 0.125 e. The Hall–Kier alpha value is -1.33. The van der Waals surface area contributed by atoms with Gasteiger partial charge in [0.1, 0.15) is 5.82 Å². The van der Waals surface area contributed by atoms with Crippen LogP contribution in [0.25, 0.3) is 0 Å². The maximum atomic E-state index is 4.43. The molecule has 1 atom stereocenters. The predicted molar refractivity (Wildman–Crippen MR) is 64.4 cm³/mol. The van der Waals surface area contributed by atoms with E-state index in [1.807, 2.05) is 31.6 Å². The SMILES string of the molecule is CNC(Cc1nccs1)c1ccnc(C)n1. The summed E-state index contributed by atoms with van der Waals surface area (Å²) in [5.74, 6) is 0.803. The minimum Gasteiger partial charge on any atom is -0.311 e. The Kier molecular flexibility index (Phi) is 3.58. The standard InChI is InChI=1S/C11H14N4S/c1-8-13-4-3-9(15-8)10(12-2)7-11-14-5-6-16-11/h3-6,10,12H,7H2,1-2H3. The average Bonchev–Trinajstić information content (AvgIpc) is 2.78. The summed E-state index contributed by atoms with van der Waals surface area (Å²) in [6.07, 6.45) is 4.49. The molecule has 5 heteroatoms. The number of thiazole rings is 1. The number of hydrogen-bond donors (Lipinski definition) is 1. The normalized spacial score (nSPS) is 12.6. The van der Waals surface area contributed by atoms with E-state index in [4.69, 9.17) is 0 Å². The Labute approximate surface area is 98.8 Å². The molecule has 2 heterocycles. The second kappa shape index (κ2) is 5.14. The summed E-state index contributed by atoms with van der Waals surface area (Å²) in [6.45, 7) is 1.90. The van der Waals surface area contributed by atoms with E-state index >= 15 is 0 Å². The highest BCUT2D eigenvalue weighted by Crippen LogP contribution is 2.17. The molecule has 0 spiro atoms. The Morgan fingerprint density at radius 3 is 2.88 bits per heavy atom. The van der Waals surface area contributed by atoms with Crippen molar-refractivity contribution >= 4 is 11.3 Å². The van der Waals surface area contributed by atoms with Crippen molar-refractivity contribution in [3.8, 4) is 0 Å². The maximum absolute atomic E-state index is 4.43. The molecule has 4 nitrogen and oxygen atoms in total. The number of likely N-dealkylation sites (N-methyl/N-ethyl adjacent to an activating group) is 1. The zero-order valence-electron chi connectivity index (χ0n) is 9.34. The minimum absolute atomic E-state index is 0.202. The van der Waals surface area contributed by atoms with E-state index in [2.05, 4.69) is 20.3 Å². The van der Waals surface area contributed by atoms with Gasteiger partial charge in [0.2, 0.25) is 0 Å². The molecule has 84 valence electrons. The third kappa shape index (κ3) is 2.62. The quantitative estimate of drug-likeness (QED) is 0.875. The van der Waals surface area contributed by atoms with E-state index in [-0.39, 0.29) is 6.04 Å². The summed E-state index contributed by atoms with van der Waals surface area (Å²) in [6, 6.07) is 2.15. The Bertz CT molecular complexity index is 441. The van der Waals surface area contributed by atoms with Crippen molar-refractivity contribution in [3.63, 3.8) is 0 Å². The van der Waals surface area contributed by atoms with Crippen molar-refractivity contribution in [2.45, 2.75) is 19.4 Å². The molecule has 2 aromatic rings. The topological polar surface area (TPSA) is 50.7 Å². The molecule has 0 fully saturated rings. The first-order chi connectivity index (χ1) is 7.79. The van der Waals surface area contributed by atoms with Gasteiger partial charge < -0.3 is 5.32 Å². The van der Waals surface area contributed by atoms with Crippen molar-refractivity contribution < 1.29 is 0 Å². The van der Waals surface area contributed by atoms with Crippen LogP contribution < -0.4 is 5.32 Å². The fraction of sp³-hybridized carbons (Fsp3) is 0.364. The summed E-state index contributed by atoms with van der Waals surface area (Å²) >= 11 is 1.67. The van der Waals surface area contributed by atoms with Gasteiger partial charge in [-0.1, -0.05) is 0 Å². The largest absolute Gasteiger partial charge is 0.311 e. The van der Waals surface area contributed by atoms with Gasteiger partial charge in [-0.3, -0.25) is 0 Å². The van der Waals surface area contributed by atoms with E-state index < -0.39 is 0 Å². The van der Waals surface area contributed by atoms with Crippen LogP contribution >= 0.6 is 11.3 Å². The molecule has 2 rings (SSSR count). The number of nitrogens with zero attached hydrogens (tertiary/aromatic N) is 3. The number of aromatic nitrogens is 3. The highest BCUT2D eigenvalue weighted by Gasteiger charge is 2.13. The first kappa shape index (κ1) is 11.2. The lowest BCUT2D eigenvalue weighted by Crippen LogP contribution is -2.20. The van der Waals surface area contributed by atoms with Crippen LogP contribution in [0.4, 0.5) is 0 Å². The van der Waals surface area contributed by atoms with Gasteiger partial charge in [0.15, 0.2) is 0 Å². The zero-order chi connectivity index (χ0) is 11.4. The van der Waals surface area contributed by atoms with Gasteiger partial charge in [-0.05, 0) is 20.0 Å². The number of rotatable bonds is 4. The summed E-state index contributed by atoms with van der Waals surface area (Å²) in [4.78, 5) is 12.8. The molecule has 0 aliphatic rings. The fourth-order valence-corrected chi connectivity index (χ4v) is 2.21. The van der Waals surface area contributed by atoms with E-state index in [0.29, 0.717) is 0 Å². The van der Waals surface area contributed by atoms with Crippen LogP contribution in [0.3, 0.4) is 0 Å². The summed E-state index contributed by atoms with van der Waals surface area (Å²) in [7, 11) is 1.94. The highest BCUT2D eigenvalue weighted by molar-refractivity contribution is 7.09. The lowest BCUT2D eigenvalue weighted by atomic mass is 10.1. The van der Waals surface area contributed by atoms with E-state index in [1.165, 1.54) is 0 Å². The zero-order valence-corrected chi connectivity index (χ0v) is 10.2. The molecule has 2 aromatic heterocycles. The number of nitrogens with one attached hydrogen (secondary N) is 1. The Morgan fingerprint density at radius 2 is 2.25 bits per heavy atom. The third-order valence-electron chi connectivity index (χ3n) is 2.37. The van der Waals surface area contributed by atoms with Gasteiger partial charge in [-0.25, -0.2) is 15.0 Å². The molecule has 0 aliphatic carbocycles. The van der Waals surface area contributed by atoms with Crippen LogP contribution in [0.5, 0.6) is 0 Å². The van der Waals surface area contributed by atoms with Crippen molar-refractivity contribution in [2.75, 3.05) is 7.05 Å². The van der Waals surface area contributed by atoms with Gasteiger partial charge in [-0.15, -0.1) is 11.3 Å². The van der Waals surface area contributed by atoms with Gasteiger partial charge in [0.05, 0.1) is 16.7 Å². The summed E-state index contributed by atoms with van der Waals surface area (Å²) in [5, 5.41) is 6.37. The van der Waals surface area contributed by atoms with Gasteiger partial charge >= 0.3 is 0 Å². The molecular formula is C11H14N4S. The van der Waals surface area contributed by atoms with Crippen molar-refractivity contribution in [2.24, 2.45) is 0 Å². The average molecular weight is 234 g/mol. The van der Waals surface area contributed by atoms with Crippen LogP contribution in [0.2, 0.25) is 0 Å². The summed E-state index contributed by atoms with van der Waals surface area (Å²) in [5.41, 5.74) is 1.02. The third-order valence-corrected chi connectivity index (χ3v) is 3.17. The Balaban J connectivity index is 2.16. The van der Waals surface area contributed by atoms with E-state index in [9.17, 15) is 0 Å². The second-order valence-electron chi connectivity index (χ2n) is 3.50. The summed E-state index contributed by atoms with van der Waals surface area (Å²) < 4.78 is 0. The highest BCUT2D eigenvalue weighted by atomic mass is 32.1. The van der Waals surface area contributed by atoms with Crippen LogP contribution in [0.15, 0.2) is 23.8 Å². The smallest absolute Gasteiger partial charge is 0.125 e. The molecule has 0 bridgehead atoms. The molecule has 0 radical (unpaired) electrons. The van der Waals surface area contributed by atoms with Crippen LogP contribution in [0.1, 0.15) is 22.6 Å². The van der Waals surface area contributed by atoms with Crippen LogP contribution in [-0.2, 0) is 6.42 Å². The molecule has 0 saturated heterocycles. The molecule has 0 aliphatic heterocycles. The Morgan fingerprint density at radius 1 is 1.38 bits per heavy atom. The molecule has 1 unspecified atom stereocenters. The number of hydrogen-bond acceptors (Lipinski definition) is 5. The lowest BCUT2D eigenvalue weighted by Gasteiger charge is -2.14. The molecule has 0 saturated carbocycles. The van der Waals surface area contributed by atoms with Crippen LogP contribution in [0, 0.1) is 6.92 Å². The predicted octanol–water partition coefficient (Wildman–Crippen LogP) is 1.74. The van der Waals surface area contributed by atoms with Crippen LogP contribution in [-0.4, -0.2) is 22.0 Å². The van der Waals surface area contributed by atoms with Gasteiger partial charge in [0.25, 0.3) is 0 Å². The molecule has 0 aromatic carbocycles. The van der Waals surface area contributed by atoms with Crippen molar-refractivity contribution in [1.82, 2.24) is 20.3 Å². The van der Waals surface area contributed by atoms with Crippen molar-refractivity contribution in [3.05, 3.63) is 40.4 Å². The minimum atomic E-state index is 0.202. The van der Waals surface area contributed by atoms with E-state index in [0.717, 1.165) is 22.9 Å². The molecular weight excluding hydrogens is 220 g/mol. The first-order valence-electron chi connectivity index (χ1n) is 5.15. The molecule has 16 heavy (non-hydrogen) atoms. The van der Waals surface area contributed by atoms with Crippen molar-refractivity contribution in [1.29, 1.82) is 0 Å².